The number of hydrogen-bond acceptors (Lipinski definition) is 4. The van der Waals surface area contributed by atoms with E-state index in [2.05, 4.69) is 5.32 Å². The molecule has 0 fully saturated rings. The highest BCUT2D eigenvalue weighted by atomic mass is 32.2. The quantitative estimate of drug-likeness (QED) is 0.734. The van der Waals surface area contributed by atoms with E-state index in [0.717, 1.165) is 5.56 Å². The SMILES string of the molecule is COC(CN)CC(=O)NCc1ccc(SC)cc1. The zero-order valence-electron chi connectivity index (χ0n) is 10.8. The summed E-state index contributed by atoms with van der Waals surface area (Å²) in [5, 5.41) is 2.85. The highest BCUT2D eigenvalue weighted by molar-refractivity contribution is 7.98. The Morgan fingerprint density at radius 3 is 2.61 bits per heavy atom. The van der Waals surface area contributed by atoms with E-state index in [0.29, 0.717) is 19.5 Å². The third-order valence-electron chi connectivity index (χ3n) is 2.66. The Bertz CT molecular complexity index is 364. The van der Waals surface area contributed by atoms with Gasteiger partial charge in [0.05, 0.1) is 12.5 Å². The Balaban J connectivity index is 2.37. The number of benzene rings is 1. The molecule has 0 heterocycles. The molecule has 1 unspecified atom stereocenters. The van der Waals surface area contributed by atoms with Crippen molar-refractivity contribution in [3.63, 3.8) is 0 Å². The fourth-order valence-corrected chi connectivity index (χ4v) is 1.89. The Kier molecular flexibility index (Phi) is 6.78. The largest absolute Gasteiger partial charge is 0.380 e. The van der Waals surface area contributed by atoms with Crippen LogP contribution in [0.4, 0.5) is 0 Å². The normalized spacial score (nSPS) is 12.2. The first kappa shape index (κ1) is 15.0. The third kappa shape index (κ3) is 5.08. The molecule has 1 amide bonds. The lowest BCUT2D eigenvalue weighted by molar-refractivity contribution is -0.123. The summed E-state index contributed by atoms with van der Waals surface area (Å²) in [6.45, 7) is 0.890. The summed E-state index contributed by atoms with van der Waals surface area (Å²) in [4.78, 5) is 12.8. The van der Waals surface area contributed by atoms with Crippen molar-refractivity contribution in [2.24, 2.45) is 5.73 Å². The van der Waals surface area contributed by atoms with Crippen LogP contribution >= 0.6 is 11.8 Å². The number of thioether (sulfide) groups is 1. The summed E-state index contributed by atoms with van der Waals surface area (Å²) in [6, 6.07) is 8.12. The van der Waals surface area contributed by atoms with Crippen molar-refractivity contribution in [3.05, 3.63) is 29.8 Å². The van der Waals surface area contributed by atoms with Crippen LogP contribution in [-0.2, 0) is 16.1 Å². The van der Waals surface area contributed by atoms with Crippen LogP contribution in [0.25, 0.3) is 0 Å². The Morgan fingerprint density at radius 2 is 2.11 bits per heavy atom. The highest BCUT2D eigenvalue weighted by Crippen LogP contribution is 2.14. The van der Waals surface area contributed by atoms with Crippen LogP contribution in [0, 0.1) is 0 Å². The van der Waals surface area contributed by atoms with Gasteiger partial charge in [-0.25, -0.2) is 0 Å². The molecule has 1 atom stereocenters. The first-order valence-electron chi connectivity index (χ1n) is 5.82. The van der Waals surface area contributed by atoms with Crippen molar-refractivity contribution >= 4 is 17.7 Å². The van der Waals surface area contributed by atoms with E-state index in [-0.39, 0.29) is 12.0 Å². The molecular formula is C13H20N2O2S. The van der Waals surface area contributed by atoms with Gasteiger partial charge in [0, 0.05) is 25.1 Å². The average Bonchev–Trinajstić information content (AvgIpc) is 2.43. The van der Waals surface area contributed by atoms with Gasteiger partial charge in [-0.2, -0.15) is 0 Å². The first-order valence-corrected chi connectivity index (χ1v) is 7.04. The molecule has 100 valence electrons. The lowest BCUT2D eigenvalue weighted by Crippen LogP contribution is -2.31. The summed E-state index contributed by atoms with van der Waals surface area (Å²) in [6.07, 6.45) is 2.13. The Morgan fingerprint density at radius 1 is 1.44 bits per heavy atom. The lowest BCUT2D eigenvalue weighted by Gasteiger charge is -2.12. The highest BCUT2D eigenvalue weighted by Gasteiger charge is 2.10. The summed E-state index contributed by atoms with van der Waals surface area (Å²) in [5.41, 5.74) is 6.55. The van der Waals surface area contributed by atoms with Crippen molar-refractivity contribution in [1.29, 1.82) is 0 Å². The molecule has 0 bridgehead atoms. The molecule has 0 radical (unpaired) electrons. The number of ether oxygens (including phenoxy) is 1. The number of amides is 1. The Hall–Kier alpha value is -1.04. The monoisotopic (exact) mass is 268 g/mol. The molecule has 0 saturated heterocycles. The molecule has 0 aliphatic carbocycles. The maximum atomic E-state index is 11.6. The van der Waals surface area contributed by atoms with Crippen LogP contribution in [0.5, 0.6) is 0 Å². The van der Waals surface area contributed by atoms with E-state index >= 15 is 0 Å². The summed E-state index contributed by atoms with van der Waals surface area (Å²) < 4.78 is 5.06. The van der Waals surface area contributed by atoms with E-state index in [4.69, 9.17) is 10.5 Å². The Labute approximate surface area is 112 Å². The number of carbonyl (C=O) groups is 1. The lowest BCUT2D eigenvalue weighted by atomic mass is 10.2. The molecule has 1 aromatic carbocycles. The van der Waals surface area contributed by atoms with Gasteiger partial charge < -0.3 is 15.8 Å². The molecule has 0 saturated carbocycles. The molecule has 4 nitrogen and oxygen atoms in total. The van der Waals surface area contributed by atoms with E-state index in [1.807, 2.05) is 30.5 Å². The van der Waals surface area contributed by atoms with Gasteiger partial charge in [-0.3, -0.25) is 4.79 Å². The molecule has 18 heavy (non-hydrogen) atoms. The van der Waals surface area contributed by atoms with Crippen molar-refractivity contribution in [3.8, 4) is 0 Å². The number of hydrogen-bond donors (Lipinski definition) is 2. The maximum absolute atomic E-state index is 11.6. The van der Waals surface area contributed by atoms with Gasteiger partial charge in [-0.1, -0.05) is 12.1 Å². The minimum absolute atomic E-state index is 0.0405. The molecule has 5 heteroatoms. The first-order chi connectivity index (χ1) is 8.69. The van der Waals surface area contributed by atoms with Gasteiger partial charge in [-0.15, -0.1) is 11.8 Å². The molecule has 3 N–H and O–H groups in total. The number of nitrogens with one attached hydrogen (secondary N) is 1. The molecule has 0 spiro atoms. The zero-order chi connectivity index (χ0) is 13.4. The van der Waals surface area contributed by atoms with Crippen molar-refractivity contribution in [1.82, 2.24) is 5.32 Å². The standard InChI is InChI=1S/C13H20N2O2S/c1-17-11(8-14)7-13(16)15-9-10-3-5-12(18-2)6-4-10/h3-6,11H,7-9,14H2,1-2H3,(H,15,16). The van der Waals surface area contributed by atoms with E-state index in [9.17, 15) is 4.79 Å². The molecule has 0 aliphatic rings. The predicted octanol–water partition coefficient (Wildman–Crippen LogP) is 1.39. The van der Waals surface area contributed by atoms with Crippen molar-refractivity contribution in [2.75, 3.05) is 19.9 Å². The predicted molar refractivity (Wildman–Crippen MR) is 74.5 cm³/mol. The van der Waals surface area contributed by atoms with Gasteiger partial charge in [-0.05, 0) is 24.0 Å². The van der Waals surface area contributed by atoms with Gasteiger partial charge in [0.25, 0.3) is 0 Å². The van der Waals surface area contributed by atoms with Gasteiger partial charge >= 0.3 is 0 Å². The molecule has 1 rings (SSSR count). The van der Waals surface area contributed by atoms with Crippen molar-refractivity contribution < 1.29 is 9.53 Å². The van der Waals surface area contributed by atoms with E-state index in [1.54, 1.807) is 18.9 Å². The van der Waals surface area contributed by atoms with Crippen molar-refractivity contribution in [2.45, 2.75) is 24.0 Å². The molecular weight excluding hydrogens is 248 g/mol. The van der Waals surface area contributed by atoms with E-state index < -0.39 is 0 Å². The zero-order valence-corrected chi connectivity index (χ0v) is 11.6. The van der Waals surface area contributed by atoms with Crippen LogP contribution in [0.2, 0.25) is 0 Å². The minimum atomic E-state index is -0.205. The average molecular weight is 268 g/mol. The summed E-state index contributed by atoms with van der Waals surface area (Å²) >= 11 is 1.70. The fourth-order valence-electron chi connectivity index (χ4n) is 1.49. The summed E-state index contributed by atoms with van der Waals surface area (Å²) in [5.74, 6) is -0.0405. The van der Waals surface area contributed by atoms with Crippen LogP contribution in [-0.4, -0.2) is 31.9 Å². The fraction of sp³-hybridized carbons (Fsp3) is 0.462. The number of carbonyl (C=O) groups excluding carboxylic acids is 1. The molecule has 0 aromatic heterocycles. The van der Waals surface area contributed by atoms with Gasteiger partial charge in [0.15, 0.2) is 0 Å². The second-order valence-corrected chi connectivity index (χ2v) is 4.80. The molecule has 1 aromatic rings. The van der Waals surface area contributed by atoms with Crippen LogP contribution in [0.15, 0.2) is 29.2 Å². The minimum Gasteiger partial charge on any atom is -0.380 e. The van der Waals surface area contributed by atoms with Gasteiger partial charge in [0.2, 0.25) is 5.91 Å². The number of rotatable bonds is 7. The second kappa shape index (κ2) is 8.13. The van der Waals surface area contributed by atoms with Crippen LogP contribution in [0.1, 0.15) is 12.0 Å². The van der Waals surface area contributed by atoms with Gasteiger partial charge in [0.1, 0.15) is 0 Å². The topological polar surface area (TPSA) is 64.3 Å². The maximum Gasteiger partial charge on any atom is 0.222 e. The number of nitrogens with two attached hydrogens (primary N) is 1. The van der Waals surface area contributed by atoms with E-state index in [1.165, 1.54) is 4.90 Å². The van der Waals surface area contributed by atoms with Crippen LogP contribution in [0.3, 0.4) is 0 Å². The third-order valence-corrected chi connectivity index (χ3v) is 3.40. The smallest absolute Gasteiger partial charge is 0.222 e. The molecule has 0 aliphatic heterocycles. The summed E-state index contributed by atoms with van der Waals surface area (Å²) in [7, 11) is 1.56. The second-order valence-electron chi connectivity index (χ2n) is 3.92. The van der Waals surface area contributed by atoms with Crippen LogP contribution < -0.4 is 11.1 Å². The number of methoxy groups -OCH3 is 1.